The molecule has 0 aromatic carbocycles. The Morgan fingerprint density at radius 2 is 2.19 bits per heavy atom. The van der Waals surface area contributed by atoms with Gasteiger partial charge in [0.2, 0.25) is 11.8 Å². The number of rotatable bonds is 5. The summed E-state index contributed by atoms with van der Waals surface area (Å²) in [6.45, 7) is 2.06. The summed E-state index contributed by atoms with van der Waals surface area (Å²) in [6, 6.07) is 2.98. The summed E-state index contributed by atoms with van der Waals surface area (Å²) in [5.41, 5.74) is 4.97. The highest BCUT2D eigenvalue weighted by molar-refractivity contribution is 5.94. The normalized spacial score (nSPS) is 9.56. The molecule has 3 N–H and O–H groups in total. The Kier molecular flexibility index (Phi) is 4.19. The van der Waals surface area contributed by atoms with Crippen molar-refractivity contribution in [3.8, 4) is 5.88 Å². The van der Waals surface area contributed by atoms with Gasteiger partial charge in [-0.15, -0.1) is 10.2 Å². The van der Waals surface area contributed by atoms with Crippen LogP contribution >= 0.6 is 0 Å². The maximum absolute atomic E-state index is 11.4. The number of amides is 2. The zero-order valence-corrected chi connectivity index (χ0v) is 8.77. The molecule has 0 atom stereocenters. The van der Waals surface area contributed by atoms with Gasteiger partial charge < -0.3 is 15.8 Å². The molecule has 1 aromatic rings. The molecule has 0 aliphatic carbocycles. The van der Waals surface area contributed by atoms with Gasteiger partial charge in [0.05, 0.1) is 13.2 Å². The number of carbonyl (C=O) groups is 2. The summed E-state index contributed by atoms with van der Waals surface area (Å²) >= 11 is 0. The second kappa shape index (κ2) is 5.64. The number of carbonyl (C=O) groups excluding carboxylic acids is 2. The lowest BCUT2D eigenvalue weighted by molar-refractivity contribution is -0.117. The minimum absolute atomic E-state index is 0.102. The fourth-order valence-electron chi connectivity index (χ4n) is 0.924. The number of hydrogen-bond donors (Lipinski definition) is 2. The van der Waals surface area contributed by atoms with E-state index in [-0.39, 0.29) is 12.2 Å². The Hall–Kier alpha value is -2.18. The van der Waals surface area contributed by atoms with Gasteiger partial charge in [0.25, 0.3) is 5.91 Å². The zero-order chi connectivity index (χ0) is 12.0. The summed E-state index contributed by atoms with van der Waals surface area (Å²) in [7, 11) is 0. The molecule has 0 fully saturated rings. The molecule has 16 heavy (non-hydrogen) atoms. The van der Waals surface area contributed by atoms with Gasteiger partial charge in [0.15, 0.2) is 5.69 Å². The molecule has 0 aliphatic rings. The topological polar surface area (TPSA) is 107 Å². The third-order valence-corrected chi connectivity index (χ3v) is 1.59. The number of primary amides is 1. The number of nitrogens with two attached hydrogens (primary N) is 1. The van der Waals surface area contributed by atoms with Gasteiger partial charge in [-0.1, -0.05) is 0 Å². The molecule has 0 saturated carbocycles. The summed E-state index contributed by atoms with van der Waals surface area (Å²) < 4.78 is 5.06. The Labute approximate surface area is 92.0 Å². The van der Waals surface area contributed by atoms with E-state index in [0.29, 0.717) is 12.5 Å². The van der Waals surface area contributed by atoms with Crippen molar-refractivity contribution in [3.05, 3.63) is 17.8 Å². The van der Waals surface area contributed by atoms with E-state index < -0.39 is 11.8 Å². The first-order valence-electron chi connectivity index (χ1n) is 4.66. The molecule has 0 saturated heterocycles. The molecule has 86 valence electrons. The van der Waals surface area contributed by atoms with Crippen LogP contribution in [-0.2, 0) is 4.79 Å². The number of aromatic nitrogens is 2. The van der Waals surface area contributed by atoms with Crippen LogP contribution in [0.1, 0.15) is 17.4 Å². The van der Waals surface area contributed by atoms with Crippen LogP contribution < -0.4 is 15.8 Å². The summed E-state index contributed by atoms with van der Waals surface area (Å²) in [5.74, 6) is -0.782. The van der Waals surface area contributed by atoms with Crippen LogP contribution in [0.25, 0.3) is 0 Å². The van der Waals surface area contributed by atoms with Crippen LogP contribution in [0.3, 0.4) is 0 Å². The van der Waals surface area contributed by atoms with Gasteiger partial charge in [0, 0.05) is 6.07 Å². The average Bonchev–Trinajstić information content (AvgIpc) is 2.27. The van der Waals surface area contributed by atoms with Gasteiger partial charge in [-0.2, -0.15) is 0 Å². The Balaban J connectivity index is 2.59. The van der Waals surface area contributed by atoms with E-state index in [9.17, 15) is 9.59 Å². The van der Waals surface area contributed by atoms with Gasteiger partial charge in [0.1, 0.15) is 0 Å². The minimum atomic E-state index is -0.618. The van der Waals surface area contributed by atoms with Crippen LogP contribution in [0.15, 0.2) is 12.1 Å². The zero-order valence-electron chi connectivity index (χ0n) is 8.77. The molecular formula is C9H12N4O3. The lowest BCUT2D eigenvalue weighted by Crippen LogP contribution is -2.33. The van der Waals surface area contributed by atoms with Crippen LogP contribution in [0.2, 0.25) is 0 Å². The van der Waals surface area contributed by atoms with Gasteiger partial charge in [-0.05, 0) is 13.0 Å². The molecular weight excluding hydrogens is 212 g/mol. The van der Waals surface area contributed by atoms with Crippen molar-refractivity contribution in [2.45, 2.75) is 6.92 Å². The van der Waals surface area contributed by atoms with Crippen molar-refractivity contribution >= 4 is 11.8 Å². The predicted octanol–water partition coefficient (Wildman–Crippen LogP) is -0.910. The van der Waals surface area contributed by atoms with Crippen molar-refractivity contribution in [2.75, 3.05) is 13.2 Å². The molecule has 0 bridgehead atoms. The van der Waals surface area contributed by atoms with E-state index in [1.165, 1.54) is 12.1 Å². The van der Waals surface area contributed by atoms with Crippen LogP contribution in [0.5, 0.6) is 5.88 Å². The smallest absolute Gasteiger partial charge is 0.272 e. The van der Waals surface area contributed by atoms with E-state index in [1.54, 1.807) is 0 Å². The molecule has 7 heteroatoms. The first kappa shape index (κ1) is 11.9. The number of nitrogens with one attached hydrogen (secondary N) is 1. The van der Waals surface area contributed by atoms with E-state index >= 15 is 0 Å². The molecule has 0 radical (unpaired) electrons. The lowest BCUT2D eigenvalue weighted by atomic mass is 10.3. The highest BCUT2D eigenvalue weighted by atomic mass is 16.5. The summed E-state index contributed by atoms with van der Waals surface area (Å²) in [4.78, 5) is 21.8. The monoisotopic (exact) mass is 224 g/mol. The predicted molar refractivity (Wildman–Crippen MR) is 54.7 cm³/mol. The van der Waals surface area contributed by atoms with Crippen molar-refractivity contribution in [3.63, 3.8) is 0 Å². The van der Waals surface area contributed by atoms with Crippen molar-refractivity contribution < 1.29 is 14.3 Å². The van der Waals surface area contributed by atoms with E-state index in [0.717, 1.165) is 0 Å². The van der Waals surface area contributed by atoms with Gasteiger partial charge in [-0.25, -0.2) is 0 Å². The Morgan fingerprint density at radius 3 is 2.69 bits per heavy atom. The minimum Gasteiger partial charge on any atom is -0.477 e. The number of nitrogens with zero attached hydrogens (tertiary/aromatic N) is 2. The first-order valence-corrected chi connectivity index (χ1v) is 4.66. The van der Waals surface area contributed by atoms with Gasteiger partial charge in [-0.3, -0.25) is 9.59 Å². The first-order chi connectivity index (χ1) is 7.63. The molecule has 1 heterocycles. The Bertz CT molecular complexity index is 377. The summed E-state index contributed by atoms with van der Waals surface area (Å²) in [5, 5.41) is 9.60. The van der Waals surface area contributed by atoms with Crippen molar-refractivity contribution in [1.29, 1.82) is 0 Å². The third-order valence-electron chi connectivity index (χ3n) is 1.59. The van der Waals surface area contributed by atoms with Gasteiger partial charge >= 0.3 is 0 Å². The average molecular weight is 224 g/mol. The van der Waals surface area contributed by atoms with E-state index in [2.05, 4.69) is 15.5 Å². The summed E-state index contributed by atoms with van der Waals surface area (Å²) in [6.07, 6.45) is 0. The fourth-order valence-corrected chi connectivity index (χ4v) is 0.924. The molecule has 0 aliphatic heterocycles. The van der Waals surface area contributed by atoms with Crippen molar-refractivity contribution in [2.24, 2.45) is 5.73 Å². The van der Waals surface area contributed by atoms with Crippen LogP contribution in [-0.4, -0.2) is 35.2 Å². The largest absolute Gasteiger partial charge is 0.477 e. The van der Waals surface area contributed by atoms with Crippen molar-refractivity contribution in [1.82, 2.24) is 15.5 Å². The highest BCUT2D eigenvalue weighted by Crippen LogP contribution is 2.04. The molecule has 1 rings (SSSR count). The molecule has 0 unspecified atom stereocenters. The van der Waals surface area contributed by atoms with Crippen LogP contribution in [0.4, 0.5) is 0 Å². The van der Waals surface area contributed by atoms with E-state index in [1.807, 2.05) is 6.92 Å². The highest BCUT2D eigenvalue weighted by Gasteiger charge is 2.08. The maximum Gasteiger partial charge on any atom is 0.272 e. The second-order valence-corrected chi connectivity index (χ2v) is 2.84. The maximum atomic E-state index is 11.4. The molecule has 0 spiro atoms. The fraction of sp³-hybridized carbons (Fsp3) is 0.333. The molecule has 7 nitrogen and oxygen atoms in total. The van der Waals surface area contributed by atoms with Crippen LogP contribution in [0, 0.1) is 0 Å². The second-order valence-electron chi connectivity index (χ2n) is 2.84. The number of hydrogen-bond acceptors (Lipinski definition) is 5. The lowest BCUT2D eigenvalue weighted by Gasteiger charge is -2.03. The Morgan fingerprint density at radius 1 is 1.44 bits per heavy atom. The molecule has 2 amide bonds. The number of ether oxygens (including phenoxy) is 1. The quantitative estimate of drug-likeness (QED) is 0.673. The SMILES string of the molecule is CCOc1ccc(C(=O)NCC(N)=O)nn1. The third kappa shape index (κ3) is 3.52. The molecule has 1 aromatic heterocycles. The van der Waals surface area contributed by atoms with E-state index in [4.69, 9.17) is 10.5 Å². The standard InChI is InChI=1S/C9H12N4O3/c1-2-16-8-4-3-6(12-13-8)9(15)11-5-7(10)14/h3-4H,2,5H2,1H3,(H2,10,14)(H,11,15).